The molecule has 1 saturated heterocycles. The van der Waals surface area contributed by atoms with E-state index < -0.39 is 0 Å². The highest BCUT2D eigenvalue weighted by Crippen LogP contribution is 2.18. The van der Waals surface area contributed by atoms with Gasteiger partial charge in [-0.25, -0.2) is 0 Å². The quantitative estimate of drug-likeness (QED) is 0.761. The fourth-order valence-corrected chi connectivity index (χ4v) is 3.29. The lowest BCUT2D eigenvalue weighted by atomic mass is 10.1. The van der Waals surface area contributed by atoms with Crippen molar-refractivity contribution in [2.75, 3.05) is 18.5 Å². The topological polar surface area (TPSA) is 79.5 Å². The van der Waals surface area contributed by atoms with E-state index in [-0.39, 0.29) is 36.4 Å². The average Bonchev–Trinajstić information content (AvgIpc) is 3.08. The summed E-state index contributed by atoms with van der Waals surface area (Å²) in [5.74, 6) is -0.166. The van der Waals surface area contributed by atoms with Crippen molar-refractivity contribution < 1.29 is 14.3 Å². The van der Waals surface area contributed by atoms with Crippen molar-refractivity contribution in [1.82, 2.24) is 10.6 Å². The highest BCUT2D eigenvalue weighted by Gasteiger charge is 2.28. The molecule has 1 aliphatic heterocycles. The van der Waals surface area contributed by atoms with Crippen LogP contribution in [0.1, 0.15) is 43.0 Å². The van der Waals surface area contributed by atoms with Crippen molar-refractivity contribution in [1.29, 1.82) is 0 Å². The third kappa shape index (κ3) is 5.17. The van der Waals surface area contributed by atoms with E-state index >= 15 is 0 Å². The highest BCUT2D eigenvalue weighted by molar-refractivity contribution is 5.97. The van der Waals surface area contributed by atoms with Gasteiger partial charge in [-0.3, -0.25) is 9.59 Å². The highest BCUT2D eigenvalue weighted by atomic mass is 35.5. The molecule has 6 nitrogen and oxygen atoms in total. The summed E-state index contributed by atoms with van der Waals surface area (Å²) in [7, 11) is 0. The molecule has 2 aliphatic rings. The Morgan fingerprint density at radius 1 is 1.16 bits per heavy atom. The van der Waals surface area contributed by atoms with E-state index in [1.54, 1.807) is 24.3 Å². The largest absolute Gasteiger partial charge is 0.375 e. The summed E-state index contributed by atoms with van der Waals surface area (Å²) in [6.45, 7) is 3.17. The van der Waals surface area contributed by atoms with Crippen molar-refractivity contribution in [3.63, 3.8) is 0 Å². The van der Waals surface area contributed by atoms with Gasteiger partial charge < -0.3 is 20.7 Å². The van der Waals surface area contributed by atoms with Crippen LogP contribution in [-0.2, 0) is 9.53 Å². The van der Waals surface area contributed by atoms with Crippen LogP contribution in [0.15, 0.2) is 24.3 Å². The fraction of sp³-hybridized carbons (Fsp3) is 0.556. The molecule has 2 fully saturated rings. The molecule has 0 radical (unpaired) electrons. The molecule has 1 aromatic rings. The Balaban J connectivity index is 0.00000225. The number of halogens is 1. The molecule has 2 amide bonds. The molecule has 3 rings (SSSR count). The number of nitrogens with one attached hydrogen (secondary N) is 3. The Labute approximate surface area is 154 Å². The number of hydrogen-bond acceptors (Lipinski definition) is 4. The van der Waals surface area contributed by atoms with Crippen LogP contribution in [0.3, 0.4) is 0 Å². The molecule has 1 aliphatic carbocycles. The second kappa shape index (κ2) is 9.17. The van der Waals surface area contributed by atoms with Gasteiger partial charge in [-0.1, -0.05) is 12.8 Å². The number of carbonyl (C=O) groups excluding carboxylic acids is 2. The van der Waals surface area contributed by atoms with Crippen molar-refractivity contribution in [3.05, 3.63) is 29.8 Å². The first-order valence-electron chi connectivity index (χ1n) is 8.70. The maximum Gasteiger partial charge on any atom is 0.251 e. The van der Waals surface area contributed by atoms with Crippen LogP contribution >= 0.6 is 12.4 Å². The van der Waals surface area contributed by atoms with E-state index in [0.29, 0.717) is 30.4 Å². The van der Waals surface area contributed by atoms with Crippen LogP contribution < -0.4 is 16.0 Å². The molecule has 1 heterocycles. The van der Waals surface area contributed by atoms with Gasteiger partial charge in [0.1, 0.15) is 6.04 Å². The number of morpholine rings is 1. The summed E-state index contributed by atoms with van der Waals surface area (Å²) in [5, 5.41) is 9.09. The minimum atomic E-state index is -0.357. The summed E-state index contributed by atoms with van der Waals surface area (Å²) in [5.41, 5.74) is 1.30. The fourth-order valence-electron chi connectivity index (χ4n) is 3.29. The van der Waals surface area contributed by atoms with Crippen LogP contribution in [0.5, 0.6) is 0 Å². The summed E-state index contributed by atoms with van der Waals surface area (Å²) < 4.78 is 5.49. The van der Waals surface area contributed by atoms with E-state index in [2.05, 4.69) is 16.0 Å². The summed E-state index contributed by atoms with van der Waals surface area (Å²) in [4.78, 5) is 24.5. The van der Waals surface area contributed by atoms with Gasteiger partial charge in [-0.2, -0.15) is 0 Å². The second-order valence-corrected chi connectivity index (χ2v) is 6.53. The predicted molar refractivity (Wildman–Crippen MR) is 99.2 cm³/mol. The molecule has 25 heavy (non-hydrogen) atoms. The minimum Gasteiger partial charge on any atom is -0.375 e. The molecular formula is C18H26ClN3O3. The summed E-state index contributed by atoms with van der Waals surface area (Å²) in [6, 6.07) is 6.95. The molecule has 1 aromatic carbocycles. The lowest BCUT2D eigenvalue weighted by Crippen LogP contribution is -2.53. The summed E-state index contributed by atoms with van der Waals surface area (Å²) in [6.07, 6.45) is 4.35. The zero-order chi connectivity index (χ0) is 16.9. The van der Waals surface area contributed by atoms with Gasteiger partial charge >= 0.3 is 0 Å². The molecule has 138 valence electrons. The lowest BCUT2D eigenvalue weighted by Gasteiger charge is -2.29. The van der Waals surface area contributed by atoms with E-state index in [9.17, 15) is 9.59 Å². The van der Waals surface area contributed by atoms with Crippen molar-refractivity contribution in [2.45, 2.75) is 50.8 Å². The Kier molecular flexibility index (Phi) is 7.23. The normalized spacial score (nSPS) is 23.6. The monoisotopic (exact) mass is 367 g/mol. The molecule has 1 saturated carbocycles. The first kappa shape index (κ1) is 19.7. The molecule has 0 spiro atoms. The van der Waals surface area contributed by atoms with Gasteiger partial charge in [0.15, 0.2) is 0 Å². The Morgan fingerprint density at radius 2 is 1.84 bits per heavy atom. The van der Waals surface area contributed by atoms with Crippen LogP contribution in [0.2, 0.25) is 0 Å². The van der Waals surface area contributed by atoms with E-state index in [4.69, 9.17) is 4.74 Å². The predicted octanol–water partition coefficient (Wildman–Crippen LogP) is 2.10. The van der Waals surface area contributed by atoms with Crippen molar-refractivity contribution in [2.24, 2.45) is 0 Å². The number of hydrogen-bond donors (Lipinski definition) is 3. The maximum absolute atomic E-state index is 12.3. The molecule has 3 N–H and O–H groups in total. The number of rotatable bonds is 4. The van der Waals surface area contributed by atoms with E-state index in [1.807, 2.05) is 6.92 Å². The number of carbonyl (C=O) groups is 2. The Morgan fingerprint density at radius 3 is 2.48 bits per heavy atom. The van der Waals surface area contributed by atoms with Crippen LogP contribution in [-0.4, -0.2) is 43.2 Å². The van der Waals surface area contributed by atoms with Crippen LogP contribution in [0.4, 0.5) is 5.69 Å². The lowest BCUT2D eigenvalue weighted by molar-refractivity contribution is -0.123. The molecule has 2 atom stereocenters. The standard InChI is InChI=1S/C18H25N3O3.ClH/c1-12-16(19-10-11-24-12)18(23)21-15-8-6-13(7-9-15)17(22)20-14-4-2-3-5-14;/h6-9,12,14,16,19H,2-5,10-11H2,1H3,(H,20,22)(H,21,23);1H/t12-,16+;/m1./s1. The van der Waals surface area contributed by atoms with Crippen molar-refractivity contribution >= 4 is 29.9 Å². The molecular weight excluding hydrogens is 342 g/mol. The van der Waals surface area contributed by atoms with Crippen LogP contribution in [0, 0.1) is 0 Å². The van der Waals surface area contributed by atoms with Gasteiger partial charge in [0.25, 0.3) is 5.91 Å². The maximum atomic E-state index is 12.3. The molecule has 0 bridgehead atoms. The van der Waals surface area contributed by atoms with Gasteiger partial charge in [0.05, 0.1) is 12.7 Å². The first-order chi connectivity index (χ1) is 11.6. The van der Waals surface area contributed by atoms with Gasteiger partial charge in [0.2, 0.25) is 5.91 Å². The first-order valence-corrected chi connectivity index (χ1v) is 8.70. The Bertz CT molecular complexity index is 588. The molecule has 0 unspecified atom stereocenters. The number of benzene rings is 1. The van der Waals surface area contributed by atoms with E-state index in [0.717, 1.165) is 12.8 Å². The van der Waals surface area contributed by atoms with Crippen molar-refractivity contribution in [3.8, 4) is 0 Å². The third-order valence-electron chi connectivity index (χ3n) is 4.70. The molecule has 7 heteroatoms. The van der Waals surface area contributed by atoms with Gasteiger partial charge in [-0.15, -0.1) is 12.4 Å². The smallest absolute Gasteiger partial charge is 0.251 e. The summed E-state index contributed by atoms with van der Waals surface area (Å²) >= 11 is 0. The zero-order valence-corrected chi connectivity index (χ0v) is 15.2. The number of ether oxygens (including phenoxy) is 1. The van der Waals surface area contributed by atoms with Crippen LogP contribution in [0.25, 0.3) is 0 Å². The molecule has 0 aromatic heterocycles. The van der Waals surface area contributed by atoms with Gasteiger partial charge in [0, 0.05) is 23.8 Å². The number of amides is 2. The van der Waals surface area contributed by atoms with E-state index in [1.165, 1.54) is 12.8 Å². The van der Waals surface area contributed by atoms with Gasteiger partial charge in [-0.05, 0) is 44.0 Å². The average molecular weight is 368 g/mol. The zero-order valence-electron chi connectivity index (χ0n) is 14.4. The third-order valence-corrected chi connectivity index (χ3v) is 4.70. The Hall–Kier alpha value is -1.63. The number of anilines is 1. The SMILES string of the molecule is C[C@H]1OCCN[C@@H]1C(=O)Nc1ccc(C(=O)NC2CCCC2)cc1.Cl. The second-order valence-electron chi connectivity index (χ2n) is 6.53. The minimum absolute atomic E-state index is 0.